The van der Waals surface area contributed by atoms with Gasteiger partial charge in [-0.1, -0.05) is 12.1 Å². The van der Waals surface area contributed by atoms with E-state index in [0.29, 0.717) is 31.1 Å². The first kappa shape index (κ1) is 22.9. The fraction of sp³-hybridized carbons (Fsp3) is 0.0435. The van der Waals surface area contributed by atoms with Crippen molar-refractivity contribution >= 4 is 79.9 Å². The van der Waals surface area contributed by atoms with E-state index in [1.54, 1.807) is 36.4 Å². The number of benzene rings is 2. The number of thiazole rings is 1. The summed E-state index contributed by atoms with van der Waals surface area (Å²) in [6, 6.07) is 15.1. The van der Waals surface area contributed by atoms with Crippen LogP contribution in [-0.4, -0.2) is 26.8 Å². The van der Waals surface area contributed by atoms with Crippen LogP contribution in [0.4, 0.5) is 11.4 Å². The van der Waals surface area contributed by atoms with Gasteiger partial charge in [-0.05, 0) is 72.9 Å². The van der Waals surface area contributed by atoms with Crippen LogP contribution in [-0.2, 0) is 9.59 Å². The number of nitrogens with zero attached hydrogens (tertiary/aromatic N) is 3. The molecule has 0 unspecified atom stereocenters. The number of carbonyl (C=O) groups excluding carboxylic acids is 2. The zero-order valence-electron chi connectivity index (χ0n) is 17.9. The van der Waals surface area contributed by atoms with Gasteiger partial charge in [-0.25, -0.2) is 4.98 Å². The molecule has 0 saturated carbocycles. The van der Waals surface area contributed by atoms with Gasteiger partial charge in [0.15, 0.2) is 14.5 Å². The molecule has 0 bridgehead atoms. The molecule has 12 heteroatoms. The number of thiocarbonyl (C=S) groups is 1. The highest BCUT2D eigenvalue weighted by Gasteiger charge is 2.34. The number of carbonyl (C=O) groups is 2. The van der Waals surface area contributed by atoms with E-state index < -0.39 is 16.7 Å². The number of anilines is 1. The number of fused-ring (bicyclic) bond motifs is 1. The van der Waals surface area contributed by atoms with Crippen molar-refractivity contribution in [3.8, 4) is 0 Å². The van der Waals surface area contributed by atoms with Crippen LogP contribution < -0.4 is 10.2 Å². The Morgan fingerprint density at radius 3 is 2.80 bits per heavy atom. The van der Waals surface area contributed by atoms with Crippen LogP contribution in [0.2, 0.25) is 0 Å². The highest BCUT2D eigenvalue weighted by molar-refractivity contribution is 8.01. The molecule has 0 atom stereocenters. The first-order valence-corrected chi connectivity index (χ1v) is 12.1. The SMILES string of the molecule is Cc1cccc(N2C(=O)/C(=C/c3ccc(Sc4nc5ccc([N+](=O)[O-])cc5s4)o3)C(=O)NC2=S)c1. The minimum absolute atomic E-state index is 0.000718. The second-order valence-corrected chi connectivity index (χ2v) is 10.1. The van der Waals surface area contributed by atoms with Crippen molar-refractivity contribution in [2.45, 2.75) is 16.4 Å². The molecule has 1 N–H and O–H groups in total. The number of rotatable bonds is 5. The minimum Gasteiger partial charge on any atom is -0.450 e. The van der Waals surface area contributed by atoms with Gasteiger partial charge in [0, 0.05) is 12.1 Å². The monoisotopic (exact) mass is 522 g/mol. The molecule has 9 nitrogen and oxygen atoms in total. The highest BCUT2D eigenvalue weighted by atomic mass is 32.2. The van der Waals surface area contributed by atoms with E-state index in [1.807, 2.05) is 13.0 Å². The van der Waals surface area contributed by atoms with Crippen molar-refractivity contribution in [3.63, 3.8) is 0 Å². The summed E-state index contributed by atoms with van der Waals surface area (Å²) in [6.45, 7) is 1.89. The van der Waals surface area contributed by atoms with Crippen LogP contribution in [0.15, 0.2) is 74.0 Å². The largest absolute Gasteiger partial charge is 0.450 e. The Labute approximate surface area is 211 Å². The zero-order chi connectivity index (χ0) is 24.7. The Bertz CT molecular complexity index is 1570. The second kappa shape index (κ2) is 9.06. The van der Waals surface area contributed by atoms with E-state index >= 15 is 0 Å². The summed E-state index contributed by atoms with van der Waals surface area (Å²) in [5, 5.41) is 14.0. The third-order valence-corrected chi connectivity index (χ3v) is 7.29. The molecule has 1 aliphatic heterocycles. The smallest absolute Gasteiger partial charge is 0.270 e. The van der Waals surface area contributed by atoms with Crippen LogP contribution in [0.1, 0.15) is 11.3 Å². The lowest BCUT2D eigenvalue weighted by atomic mass is 10.1. The molecule has 1 aliphatic rings. The molecule has 0 spiro atoms. The Balaban J connectivity index is 1.39. The Morgan fingerprint density at radius 2 is 2.03 bits per heavy atom. The molecule has 0 aliphatic carbocycles. The molecular weight excluding hydrogens is 508 g/mol. The summed E-state index contributed by atoms with van der Waals surface area (Å²) in [6.07, 6.45) is 1.37. The van der Waals surface area contributed by atoms with E-state index in [4.69, 9.17) is 16.6 Å². The molecule has 2 aromatic heterocycles. The number of amides is 2. The summed E-state index contributed by atoms with van der Waals surface area (Å²) in [4.78, 5) is 41.9. The average Bonchev–Trinajstić information content (AvgIpc) is 3.42. The number of hydrogen-bond donors (Lipinski definition) is 1. The lowest BCUT2D eigenvalue weighted by molar-refractivity contribution is -0.384. The van der Waals surface area contributed by atoms with Crippen LogP contribution in [0.3, 0.4) is 0 Å². The molecule has 2 amide bonds. The van der Waals surface area contributed by atoms with Gasteiger partial charge >= 0.3 is 0 Å². The standard InChI is InChI=1S/C23H14N4O5S3/c1-12-3-2-4-13(9-12)26-21(29)16(20(28)25-22(26)33)11-15-6-8-19(32-15)35-23-24-17-7-5-14(27(30)31)10-18(17)34-23/h2-11H,1H3,(H,25,28,33)/b16-11+. The summed E-state index contributed by atoms with van der Waals surface area (Å²) in [5.41, 5.74) is 2.03. The quantitative estimate of drug-likeness (QED) is 0.127. The third-order valence-electron chi connectivity index (χ3n) is 5.00. The van der Waals surface area contributed by atoms with Crippen LogP contribution in [0.25, 0.3) is 16.3 Å². The number of hydrogen-bond acceptors (Lipinski definition) is 9. The number of aromatic nitrogens is 1. The van der Waals surface area contributed by atoms with E-state index in [0.717, 1.165) is 5.56 Å². The van der Waals surface area contributed by atoms with Crippen LogP contribution in [0, 0.1) is 17.0 Å². The third kappa shape index (κ3) is 4.58. The maximum Gasteiger partial charge on any atom is 0.270 e. The average molecular weight is 523 g/mol. The minimum atomic E-state index is -0.609. The number of nitrogens with one attached hydrogen (secondary N) is 1. The van der Waals surface area contributed by atoms with E-state index in [9.17, 15) is 19.7 Å². The van der Waals surface area contributed by atoms with Gasteiger partial charge in [0.2, 0.25) is 0 Å². The van der Waals surface area contributed by atoms with Crippen molar-refractivity contribution in [1.82, 2.24) is 10.3 Å². The summed E-state index contributed by atoms with van der Waals surface area (Å²) < 4.78 is 7.12. The molecule has 0 radical (unpaired) electrons. The van der Waals surface area contributed by atoms with Gasteiger partial charge in [0.1, 0.15) is 11.3 Å². The predicted octanol–water partition coefficient (Wildman–Crippen LogP) is 5.09. The first-order chi connectivity index (χ1) is 16.8. The predicted molar refractivity (Wildman–Crippen MR) is 136 cm³/mol. The van der Waals surface area contributed by atoms with Crippen molar-refractivity contribution < 1.29 is 18.9 Å². The van der Waals surface area contributed by atoms with Gasteiger partial charge in [0.25, 0.3) is 17.5 Å². The summed E-state index contributed by atoms with van der Waals surface area (Å²) in [5.74, 6) is -0.857. The Kier molecular flexibility index (Phi) is 5.93. The maximum atomic E-state index is 13.1. The molecular formula is C23H14N4O5S3. The molecule has 1 saturated heterocycles. The lowest BCUT2D eigenvalue weighted by Gasteiger charge is -2.28. The molecule has 5 rings (SSSR count). The van der Waals surface area contributed by atoms with Crippen molar-refractivity contribution in [2.75, 3.05) is 4.90 Å². The van der Waals surface area contributed by atoms with Crippen molar-refractivity contribution in [3.05, 3.63) is 81.6 Å². The van der Waals surface area contributed by atoms with Crippen molar-refractivity contribution in [2.24, 2.45) is 0 Å². The topological polar surface area (TPSA) is 119 Å². The molecule has 174 valence electrons. The van der Waals surface area contributed by atoms with Gasteiger partial charge in [-0.15, -0.1) is 11.3 Å². The first-order valence-electron chi connectivity index (χ1n) is 10.1. The van der Waals surface area contributed by atoms with Gasteiger partial charge < -0.3 is 4.42 Å². The van der Waals surface area contributed by atoms with Crippen molar-refractivity contribution in [1.29, 1.82) is 0 Å². The fourth-order valence-corrected chi connectivity index (χ4v) is 5.69. The van der Waals surface area contributed by atoms with Gasteiger partial charge in [0.05, 0.1) is 20.8 Å². The van der Waals surface area contributed by atoms with E-state index in [1.165, 1.54) is 46.2 Å². The number of nitro groups is 1. The highest BCUT2D eigenvalue weighted by Crippen LogP contribution is 2.36. The van der Waals surface area contributed by atoms with Crippen LogP contribution in [0.5, 0.6) is 0 Å². The molecule has 4 aromatic rings. The molecule has 1 fully saturated rings. The number of furan rings is 1. The number of aryl methyl sites for hydroxylation is 1. The van der Waals surface area contributed by atoms with Gasteiger partial charge in [-0.2, -0.15) is 0 Å². The van der Waals surface area contributed by atoms with Gasteiger partial charge in [-0.3, -0.25) is 29.9 Å². The van der Waals surface area contributed by atoms with Crippen LogP contribution >= 0.6 is 35.3 Å². The summed E-state index contributed by atoms with van der Waals surface area (Å²) >= 11 is 7.76. The van der Waals surface area contributed by atoms with E-state index in [2.05, 4.69) is 10.3 Å². The fourth-order valence-electron chi connectivity index (χ4n) is 3.40. The Morgan fingerprint density at radius 1 is 1.20 bits per heavy atom. The second-order valence-electron chi connectivity index (χ2n) is 7.44. The zero-order valence-corrected chi connectivity index (χ0v) is 20.3. The molecule has 2 aromatic carbocycles. The normalized spacial score (nSPS) is 15.2. The number of non-ortho nitro benzene ring substituents is 1. The maximum absolute atomic E-state index is 13.1. The Hall–Kier alpha value is -3.87. The van der Waals surface area contributed by atoms with E-state index in [-0.39, 0.29) is 16.4 Å². The number of nitro benzene ring substituents is 1. The molecule has 35 heavy (non-hydrogen) atoms. The lowest BCUT2D eigenvalue weighted by Crippen LogP contribution is -2.54. The molecule has 3 heterocycles. The summed E-state index contributed by atoms with van der Waals surface area (Å²) in [7, 11) is 0.